The first-order valence-electron chi connectivity index (χ1n) is 11.6. The Bertz CT molecular complexity index is 1080. The van der Waals surface area contributed by atoms with Crippen LogP contribution in [0.15, 0.2) is 55.1 Å². The maximum atomic E-state index is 13.8. The second kappa shape index (κ2) is 13.0. The Kier molecular flexibility index (Phi) is 11.2. The molecule has 2 aromatic carbocycles. The van der Waals surface area contributed by atoms with Gasteiger partial charge in [0.1, 0.15) is 0 Å². The monoisotopic (exact) mass is 636 g/mol. The Morgan fingerprint density at radius 2 is 0.882 bits per heavy atom. The molecule has 0 radical (unpaired) electrons. The van der Waals surface area contributed by atoms with Crippen LogP contribution in [0.5, 0.6) is 0 Å². The van der Waals surface area contributed by atoms with Crippen LogP contribution in [-0.2, 0) is 20.0 Å². The highest BCUT2D eigenvalue weighted by Gasteiger charge is 2.31. The smallest absolute Gasteiger partial charge is 0.207 e. The Balaban J connectivity index is 2.83. The van der Waals surface area contributed by atoms with E-state index in [0.717, 1.165) is 0 Å². The van der Waals surface area contributed by atoms with Crippen molar-refractivity contribution in [2.24, 2.45) is 0 Å². The summed E-state index contributed by atoms with van der Waals surface area (Å²) in [7, 11) is -7.71. The van der Waals surface area contributed by atoms with Crippen LogP contribution in [0.25, 0.3) is 11.1 Å². The molecule has 0 aliphatic rings. The van der Waals surface area contributed by atoms with Crippen molar-refractivity contribution >= 4 is 51.9 Å². The van der Waals surface area contributed by atoms with E-state index in [1.807, 2.05) is 27.7 Å². The summed E-state index contributed by atoms with van der Waals surface area (Å²) in [4.78, 5) is 0.195. The number of nitrogens with zero attached hydrogens (tertiary/aromatic N) is 2. The van der Waals surface area contributed by atoms with Crippen LogP contribution in [0.3, 0.4) is 0 Å². The van der Waals surface area contributed by atoms with Crippen molar-refractivity contribution in [1.82, 2.24) is 8.61 Å². The number of rotatable bonds is 13. The van der Waals surface area contributed by atoms with E-state index in [4.69, 9.17) is 0 Å². The van der Waals surface area contributed by atoms with E-state index in [-0.39, 0.29) is 9.79 Å². The molecule has 0 aliphatic carbocycles. The highest BCUT2D eigenvalue weighted by atomic mass is 79.9. The summed E-state index contributed by atoms with van der Waals surface area (Å²) >= 11 is 6.81. The molecule has 0 saturated heterocycles. The minimum atomic E-state index is -3.86. The van der Waals surface area contributed by atoms with Gasteiger partial charge in [-0.15, -0.1) is 0 Å². The van der Waals surface area contributed by atoms with Crippen molar-refractivity contribution in [2.75, 3.05) is 26.2 Å². The standard InChI is InChI=1S/C24H34Br2N2O4S2/c1-5-13-27(14-6-2)33(29,30)23-17-19(25)9-11-21(23)22-12-10-20(26)18-24(22)34(31,32)28(15-7-3)16-8-4/h9-12,17-18H,5-8,13-16H2,1-4H3. The number of hydrogen-bond donors (Lipinski definition) is 0. The summed E-state index contributed by atoms with van der Waals surface area (Å²) in [6.07, 6.45) is 2.74. The predicted octanol–water partition coefficient (Wildman–Crippen LogP) is 6.50. The van der Waals surface area contributed by atoms with Gasteiger partial charge in [0, 0.05) is 46.3 Å². The first kappa shape index (κ1) is 29.5. The molecule has 0 unspecified atom stereocenters. The molecule has 0 spiro atoms. The minimum Gasteiger partial charge on any atom is -0.207 e. The summed E-state index contributed by atoms with van der Waals surface area (Å²) in [5.41, 5.74) is 0.749. The summed E-state index contributed by atoms with van der Waals surface area (Å²) < 4.78 is 59.2. The van der Waals surface area contributed by atoms with Gasteiger partial charge in [-0.3, -0.25) is 0 Å². The van der Waals surface area contributed by atoms with Crippen molar-refractivity contribution in [3.05, 3.63) is 45.3 Å². The molecule has 190 valence electrons. The maximum absolute atomic E-state index is 13.8. The van der Waals surface area contributed by atoms with E-state index in [9.17, 15) is 16.8 Å². The van der Waals surface area contributed by atoms with E-state index >= 15 is 0 Å². The molecule has 0 aromatic heterocycles. The van der Waals surface area contributed by atoms with E-state index in [0.29, 0.717) is 71.9 Å². The molecule has 0 aliphatic heterocycles. The molecule has 0 heterocycles. The van der Waals surface area contributed by atoms with Gasteiger partial charge in [-0.05, 0) is 49.9 Å². The normalized spacial score (nSPS) is 12.6. The first-order valence-corrected chi connectivity index (χ1v) is 16.1. The zero-order valence-electron chi connectivity index (χ0n) is 20.2. The molecule has 34 heavy (non-hydrogen) atoms. The van der Waals surface area contributed by atoms with Crippen molar-refractivity contribution in [3.8, 4) is 11.1 Å². The van der Waals surface area contributed by atoms with E-state index in [1.165, 1.54) is 8.61 Å². The van der Waals surface area contributed by atoms with E-state index < -0.39 is 20.0 Å². The van der Waals surface area contributed by atoms with E-state index in [1.54, 1.807) is 36.4 Å². The lowest BCUT2D eigenvalue weighted by Crippen LogP contribution is -2.33. The lowest BCUT2D eigenvalue weighted by Gasteiger charge is -2.25. The molecule has 2 rings (SSSR count). The summed E-state index contributed by atoms with van der Waals surface area (Å²) in [6, 6.07) is 9.98. The summed E-state index contributed by atoms with van der Waals surface area (Å²) in [5.74, 6) is 0. The molecular weight excluding hydrogens is 604 g/mol. The third-order valence-electron chi connectivity index (χ3n) is 5.31. The maximum Gasteiger partial charge on any atom is 0.243 e. The summed E-state index contributed by atoms with van der Waals surface area (Å²) in [6.45, 7) is 9.35. The number of hydrogen-bond acceptors (Lipinski definition) is 4. The van der Waals surface area contributed by atoms with Gasteiger partial charge in [-0.25, -0.2) is 16.8 Å². The van der Waals surface area contributed by atoms with Gasteiger partial charge in [-0.2, -0.15) is 8.61 Å². The van der Waals surface area contributed by atoms with Crippen LogP contribution in [0, 0.1) is 0 Å². The fourth-order valence-electron chi connectivity index (χ4n) is 3.84. The van der Waals surface area contributed by atoms with Gasteiger partial charge in [0.15, 0.2) is 0 Å². The SMILES string of the molecule is CCCN(CCC)S(=O)(=O)c1cc(Br)ccc1-c1ccc(Br)cc1S(=O)(=O)N(CCC)CCC. The molecule has 0 fully saturated rings. The number of sulfonamides is 2. The Labute approximate surface area is 222 Å². The van der Waals surface area contributed by atoms with Crippen molar-refractivity contribution in [3.63, 3.8) is 0 Å². The van der Waals surface area contributed by atoms with Crippen LogP contribution in [-0.4, -0.2) is 51.6 Å². The van der Waals surface area contributed by atoms with Crippen molar-refractivity contribution in [2.45, 2.75) is 63.2 Å². The van der Waals surface area contributed by atoms with Crippen LogP contribution >= 0.6 is 31.9 Å². The first-order chi connectivity index (χ1) is 16.0. The number of halogens is 2. The van der Waals surface area contributed by atoms with Gasteiger partial charge >= 0.3 is 0 Å². The second-order valence-corrected chi connectivity index (χ2v) is 13.7. The largest absolute Gasteiger partial charge is 0.243 e. The Hall–Kier alpha value is -0.780. The molecule has 6 nitrogen and oxygen atoms in total. The molecule has 0 saturated carbocycles. The number of benzene rings is 2. The predicted molar refractivity (Wildman–Crippen MR) is 146 cm³/mol. The Morgan fingerprint density at radius 1 is 0.588 bits per heavy atom. The molecular formula is C24H34Br2N2O4S2. The summed E-state index contributed by atoms with van der Waals surface area (Å²) in [5, 5.41) is 0. The van der Waals surface area contributed by atoms with Crippen LogP contribution in [0.2, 0.25) is 0 Å². The zero-order chi connectivity index (χ0) is 25.5. The molecule has 2 aromatic rings. The zero-order valence-corrected chi connectivity index (χ0v) is 25.0. The Morgan fingerprint density at radius 3 is 1.15 bits per heavy atom. The quantitative estimate of drug-likeness (QED) is 0.251. The van der Waals surface area contributed by atoms with Crippen LogP contribution < -0.4 is 0 Å². The van der Waals surface area contributed by atoms with E-state index in [2.05, 4.69) is 31.9 Å². The molecule has 0 atom stereocenters. The average Bonchev–Trinajstić information content (AvgIpc) is 2.79. The van der Waals surface area contributed by atoms with Crippen molar-refractivity contribution in [1.29, 1.82) is 0 Å². The van der Waals surface area contributed by atoms with Gasteiger partial charge in [0.25, 0.3) is 0 Å². The molecule has 10 heteroatoms. The second-order valence-electron chi connectivity index (χ2n) is 8.09. The molecule has 0 bridgehead atoms. The third-order valence-corrected chi connectivity index (χ3v) is 10.2. The van der Waals surface area contributed by atoms with Gasteiger partial charge in [0.05, 0.1) is 9.79 Å². The topological polar surface area (TPSA) is 74.8 Å². The highest BCUT2D eigenvalue weighted by molar-refractivity contribution is 9.10. The lowest BCUT2D eigenvalue weighted by atomic mass is 10.1. The lowest BCUT2D eigenvalue weighted by molar-refractivity contribution is 0.409. The average molecular weight is 638 g/mol. The fourth-order valence-corrected chi connectivity index (χ4v) is 8.58. The van der Waals surface area contributed by atoms with Gasteiger partial charge < -0.3 is 0 Å². The third kappa shape index (κ3) is 6.70. The molecule has 0 amide bonds. The van der Waals surface area contributed by atoms with Crippen LogP contribution in [0.1, 0.15) is 53.4 Å². The minimum absolute atomic E-state index is 0.0973. The highest BCUT2D eigenvalue weighted by Crippen LogP contribution is 2.38. The molecule has 0 N–H and O–H groups in total. The van der Waals surface area contributed by atoms with Crippen molar-refractivity contribution < 1.29 is 16.8 Å². The fraction of sp³-hybridized carbons (Fsp3) is 0.500. The van der Waals surface area contributed by atoms with Crippen LogP contribution in [0.4, 0.5) is 0 Å². The van der Waals surface area contributed by atoms with Gasteiger partial charge in [0.2, 0.25) is 20.0 Å². The van der Waals surface area contributed by atoms with Gasteiger partial charge in [-0.1, -0.05) is 71.7 Å².